The first-order valence-electron chi connectivity index (χ1n) is 4.12. The van der Waals surface area contributed by atoms with Crippen LogP contribution in [0.3, 0.4) is 0 Å². The zero-order valence-electron chi connectivity index (χ0n) is 7.77. The minimum atomic E-state index is -0.612. The second-order valence-electron chi connectivity index (χ2n) is 2.88. The maximum atomic E-state index is 10.6. The van der Waals surface area contributed by atoms with Crippen molar-refractivity contribution >= 4 is 11.7 Å². The summed E-state index contributed by atoms with van der Waals surface area (Å²) in [5, 5.41) is 11.6. The minimum Gasteiger partial charge on any atom is -0.394 e. The van der Waals surface area contributed by atoms with E-state index in [0.717, 1.165) is 0 Å². The third kappa shape index (κ3) is 2.67. The molecule has 1 heterocycles. The van der Waals surface area contributed by atoms with Crippen molar-refractivity contribution in [3.63, 3.8) is 0 Å². The number of anilines is 1. The minimum absolute atomic E-state index is 0.000743. The summed E-state index contributed by atoms with van der Waals surface area (Å²) in [5.74, 6) is -0.115. The summed E-state index contributed by atoms with van der Waals surface area (Å²) in [4.78, 5) is 18.3. The molecule has 0 aliphatic rings. The molecule has 0 unspecified atom stereocenters. The van der Waals surface area contributed by atoms with E-state index in [1.54, 1.807) is 6.92 Å². The van der Waals surface area contributed by atoms with Crippen LogP contribution >= 0.6 is 0 Å². The molecule has 0 aliphatic carbocycles. The first-order valence-corrected chi connectivity index (χ1v) is 4.12. The number of hydrogen-bond donors (Lipinski definition) is 3. The van der Waals surface area contributed by atoms with Crippen LogP contribution in [0, 0.1) is 0 Å². The number of nitrogens with zero attached hydrogens (tertiary/aromatic N) is 2. The molecule has 0 aromatic carbocycles. The number of aliphatic hydroxyl groups is 1. The maximum absolute atomic E-state index is 10.6. The summed E-state index contributed by atoms with van der Waals surface area (Å²) in [6.45, 7) is 1.79. The van der Waals surface area contributed by atoms with Crippen molar-refractivity contribution < 1.29 is 9.90 Å². The van der Waals surface area contributed by atoms with Crippen molar-refractivity contribution in [3.8, 4) is 0 Å². The van der Waals surface area contributed by atoms with Gasteiger partial charge in [-0.1, -0.05) is 0 Å². The van der Waals surface area contributed by atoms with Crippen molar-refractivity contribution in [2.45, 2.75) is 13.0 Å². The summed E-state index contributed by atoms with van der Waals surface area (Å²) < 4.78 is 0. The molecule has 1 atom stereocenters. The zero-order chi connectivity index (χ0) is 10.6. The number of primary amides is 1. The lowest BCUT2D eigenvalue weighted by molar-refractivity contribution is 0.0995. The molecule has 6 heteroatoms. The van der Waals surface area contributed by atoms with Crippen LogP contribution in [0.15, 0.2) is 12.4 Å². The molecule has 6 nitrogen and oxygen atoms in total. The molecule has 0 radical (unpaired) electrons. The lowest BCUT2D eigenvalue weighted by atomic mass is 10.3. The van der Waals surface area contributed by atoms with Gasteiger partial charge in [-0.15, -0.1) is 0 Å². The van der Waals surface area contributed by atoms with Crippen molar-refractivity contribution in [1.29, 1.82) is 0 Å². The first-order chi connectivity index (χ1) is 6.63. The van der Waals surface area contributed by atoms with Gasteiger partial charge in [-0.2, -0.15) is 0 Å². The number of hydrogen-bond acceptors (Lipinski definition) is 5. The predicted molar refractivity (Wildman–Crippen MR) is 50.7 cm³/mol. The molecule has 0 aliphatic heterocycles. The van der Waals surface area contributed by atoms with Gasteiger partial charge in [-0.25, -0.2) is 9.97 Å². The summed E-state index contributed by atoms with van der Waals surface area (Å²) >= 11 is 0. The van der Waals surface area contributed by atoms with Gasteiger partial charge in [-0.3, -0.25) is 4.79 Å². The Hall–Kier alpha value is -1.69. The monoisotopic (exact) mass is 196 g/mol. The van der Waals surface area contributed by atoms with Crippen LogP contribution in [0.1, 0.15) is 17.4 Å². The Morgan fingerprint density at radius 1 is 1.64 bits per heavy atom. The smallest absolute Gasteiger partial charge is 0.268 e. The van der Waals surface area contributed by atoms with E-state index in [0.29, 0.717) is 5.82 Å². The number of carbonyl (C=O) groups is 1. The van der Waals surface area contributed by atoms with Gasteiger partial charge in [0.1, 0.15) is 11.5 Å². The van der Waals surface area contributed by atoms with E-state index in [2.05, 4.69) is 15.3 Å². The summed E-state index contributed by atoms with van der Waals surface area (Å²) in [7, 11) is 0. The molecule has 0 saturated carbocycles. The van der Waals surface area contributed by atoms with Crippen LogP contribution in [-0.2, 0) is 0 Å². The lowest BCUT2D eigenvalue weighted by Gasteiger charge is -2.10. The molecule has 14 heavy (non-hydrogen) atoms. The molecular weight excluding hydrogens is 184 g/mol. The molecule has 1 rings (SSSR count). The SMILES string of the molecule is C[C@@H](CO)Nc1cnc(C(N)=O)cn1. The average Bonchev–Trinajstić information content (AvgIpc) is 2.18. The molecule has 4 N–H and O–H groups in total. The fourth-order valence-electron chi connectivity index (χ4n) is 0.828. The molecule has 1 aromatic rings. The molecule has 0 saturated heterocycles. The van der Waals surface area contributed by atoms with Crippen LogP contribution in [0.5, 0.6) is 0 Å². The largest absolute Gasteiger partial charge is 0.394 e. The van der Waals surface area contributed by atoms with Gasteiger partial charge in [0, 0.05) is 6.04 Å². The highest BCUT2D eigenvalue weighted by Gasteiger charge is 2.04. The fraction of sp³-hybridized carbons (Fsp3) is 0.375. The molecule has 76 valence electrons. The Bertz CT molecular complexity index is 312. The van der Waals surface area contributed by atoms with Crippen molar-refractivity contribution in [2.24, 2.45) is 5.73 Å². The highest BCUT2D eigenvalue weighted by Crippen LogP contribution is 2.02. The van der Waals surface area contributed by atoms with E-state index >= 15 is 0 Å². The van der Waals surface area contributed by atoms with Crippen LogP contribution in [0.2, 0.25) is 0 Å². The number of aromatic nitrogens is 2. The number of rotatable bonds is 4. The van der Waals surface area contributed by atoms with Gasteiger partial charge in [0.15, 0.2) is 0 Å². The maximum Gasteiger partial charge on any atom is 0.268 e. The first kappa shape index (κ1) is 10.4. The summed E-state index contributed by atoms with van der Waals surface area (Å²) in [6, 6.07) is -0.108. The number of amides is 1. The highest BCUT2D eigenvalue weighted by atomic mass is 16.3. The summed E-state index contributed by atoms with van der Waals surface area (Å²) in [6.07, 6.45) is 2.68. The van der Waals surface area contributed by atoms with Gasteiger partial charge in [0.05, 0.1) is 19.0 Å². The van der Waals surface area contributed by atoms with Crippen molar-refractivity contribution in [2.75, 3.05) is 11.9 Å². The fourth-order valence-corrected chi connectivity index (χ4v) is 0.828. The number of aliphatic hydroxyl groups excluding tert-OH is 1. The standard InChI is InChI=1S/C8H12N4O2/c1-5(4-13)12-7-3-10-6(2-11-7)8(9)14/h2-3,5,13H,4H2,1H3,(H2,9,14)(H,11,12)/t5-/m0/s1. The Morgan fingerprint density at radius 3 is 2.79 bits per heavy atom. The van der Waals surface area contributed by atoms with Gasteiger partial charge >= 0.3 is 0 Å². The van der Waals surface area contributed by atoms with E-state index in [-0.39, 0.29) is 18.3 Å². The molecule has 0 fully saturated rings. The van der Waals surface area contributed by atoms with E-state index in [1.165, 1.54) is 12.4 Å². The molecular formula is C8H12N4O2. The average molecular weight is 196 g/mol. The van der Waals surface area contributed by atoms with E-state index < -0.39 is 5.91 Å². The molecule has 0 spiro atoms. The Labute approximate surface area is 81.2 Å². The number of carbonyl (C=O) groups excluding carboxylic acids is 1. The Morgan fingerprint density at radius 2 is 2.36 bits per heavy atom. The van der Waals surface area contributed by atoms with E-state index in [4.69, 9.17) is 10.8 Å². The Kier molecular flexibility index (Phi) is 3.35. The third-order valence-corrected chi connectivity index (χ3v) is 1.57. The third-order valence-electron chi connectivity index (χ3n) is 1.57. The molecule has 0 bridgehead atoms. The van der Waals surface area contributed by atoms with Crippen LogP contribution in [0.25, 0.3) is 0 Å². The lowest BCUT2D eigenvalue weighted by Crippen LogP contribution is -2.21. The van der Waals surface area contributed by atoms with E-state index in [9.17, 15) is 4.79 Å². The second-order valence-corrected chi connectivity index (χ2v) is 2.88. The van der Waals surface area contributed by atoms with Crippen LogP contribution < -0.4 is 11.1 Å². The number of nitrogens with one attached hydrogen (secondary N) is 1. The van der Waals surface area contributed by atoms with Gasteiger partial charge < -0.3 is 16.2 Å². The molecule has 1 amide bonds. The highest BCUT2D eigenvalue weighted by molar-refractivity contribution is 5.90. The van der Waals surface area contributed by atoms with Crippen LogP contribution in [0.4, 0.5) is 5.82 Å². The molecule has 1 aromatic heterocycles. The van der Waals surface area contributed by atoms with Crippen LogP contribution in [-0.4, -0.2) is 33.6 Å². The van der Waals surface area contributed by atoms with Gasteiger partial charge in [0.25, 0.3) is 5.91 Å². The topological polar surface area (TPSA) is 101 Å². The van der Waals surface area contributed by atoms with Crippen molar-refractivity contribution in [1.82, 2.24) is 9.97 Å². The van der Waals surface area contributed by atoms with Gasteiger partial charge in [-0.05, 0) is 6.92 Å². The Balaban J connectivity index is 2.68. The number of nitrogens with two attached hydrogens (primary N) is 1. The zero-order valence-corrected chi connectivity index (χ0v) is 7.77. The normalized spacial score (nSPS) is 12.1. The second kappa shape index (κ2) is 4.52. The van der Waals surface area contributed by atoms with Crippen molar-refractivity contribution in [3.05, 3.63) is 18.1 Å². The van der Waals surface area contributed by atoms with Gasteiger partial charge in [0.2, 0.25) is 0 Å². The predicted octanol–water partition coefficient (Wildman–Crippen LogP) is -0.632. The quantitative estimate of drug-likeness (QED) is 0.595. The summed E-state index contributed by atoms with van der Waals surface area (Å²) in [5.41, 5.74) is 5.11. The van der Waals surface area contributed by atoms with E-state index in [1.807, 2.05) is 0 Å².